The quantitative estimate of drug-likeness (QED) is 0.314. The molecule has 0 heterocycles. The lowest BCUT2D eigenvalue weighted by Gasteiger charge is -2.15. The molecular weight excluding hydrogens is 488 g/mol. The van der Waals surface area contributed by atoms with Gasteiger partial charge in [0.25, 0.3) is 0 Å². The van der Waals surface area contributed by atoms with Gasteiger partial charge in [-0.15, -0.1) is 0 Å². The Hall–Kier alpha value is -2.73. The third-order valence-corrected chi connectivity index (χ3v) is 5.86. The van der Waals surface area contributed by atoms with Gasteiger partial charge in [-0.1, -0.05) is 11.6 Å². The van der Waals surface area contributed by atoms with Gasteiger partial charge in [0, 0.05) is 16.9 Å². The SMILES string of the molecule is CCOC(=O)/C(=C\Nc1cc(C(F)(F)F)cc(C(F)(F)F)c1)S(=O)(=O)c1ccc(Cl)cc1. The number of hydrogen-bond donors (Lipinski definition) is 1. The summed E-state index contributed by atoms with van der Waals surface area (Å²) in [4.78, 5) is 10.8. The Kier molecular flexibility index (Phi) is 7.51. The van der Waals surface area contributed by atoms with Gasteiger partial charge in [0.2, 0.25) is 9.84 Å². The second-order valence-corrected chi connectivity index (χ2v) is 8.48. The zero-order chi connectivity index (χ0) is 24.3. The zero-order valence-corrected chi connectivity index (χ0v) is 17.6. The van der Waals surface area contributed by atoms with E-state index >= 15 is 0 Å². The van der Waals surface area contributed by atoms with E-state index in [1.165, 1.54) is 19.1 Å². The van der Waals surface area contributed by atoms with Crippen LogP contribution in [0.25, 0.3) is 0 Å². The third-order valence-electron chi connectivity index (χ3n) is 3.85. The molecule has 0 aliphatic heterocycles. The molecule has 2 aromatic rings. The topological polar surface area (TPSA) is 72.5 Å². The summed E-state index contributed by atoms with van der Waals surface area (Å²) in [6.45, 7) is 1.13. The Bertz CT molecular complexity index is 1090. The van der Waals surface area contributed by atoms with Crippen LogP contribution >= 0.6 is 11.6 Å². The molecule has 2 aromatic carbocycles. The lowest BCUT2D eigenvalue weighted by molar-refractivity contribution is -0.143. The van der Waals surface area contributed by atoms with Crippen LogP contribution in [0.2, 0.25) is 5.02 Å². The summed E-state index contributed by atoms with van der Waals surface area (Å²) < 4.78 is 108. The molecule has 0 spiro atoms. The molecule has 0 saturated carbocycles. The fraction of sp³-hybridized carbons (Fsp3) is 0.211. The Morgan fingerprint density at radius 1 is 1.00 bits per heavy atom. The summed E-state index contributed by atoms with van der Waals surface area (Å²) in [5, 5.41) is 2.22. The van der Waals surface area contributed by atoms with Gasteiger partial charge in [0.05, 0.1) is 22.6 Å². The maximum atomic E-state index is 13.0. The van der Waals surface area contributed by atoms with E-state index in [1.807, 2.05) is 5.32 Å². The molecule has 0 saturated heterocycles. The highest BCUT2D eigenvalue weighted by molar-refractivity contribution is 7.96. The highest BCUT2D eigenvalue weighted by atomic mass is 35.5. The fourth-order valence-corrected chi connectivity index (χ4v) is 3.74. The first kappa shape index (κ1) is 25.5. The van der Waals surface area contributed by atoms with Crippen LogP contribution in [0.5, 0.6) is 0 Å². The van der Waals surface area contributed by atoms with Crippen LogP contribution in [-0.2, 0) is 31.7 Å². The van der Waals surface area contributed by atoms with Gasteiger partial charge in [0.15, 0.2) is 4.91 Å². The number of anilines is 1. The molecule has 2 rings (SSSR count). The van der Waals surface area contributed by atoms with Crippen molar-refractivity contribution >= 4 is 33.1 Å². The first-order chi connectivity index (χ1) is 14.7. The summed E-state index contributed by atoms with van der Waals surface area (Å²) in [6.07, 6.45) is -9.75. The normalized spacial score (nSPS) is 13.1. The number of carbonyl (C=O) groups is 1. The van der Waals surface area contributed by atoms with E-state index in [9.17, 15) is 39.6 Å². The van der Waals surface area contributed by atoms with Crippen LogP contribution in [0, 0.1) is 0 Å². The highest BCUT2D eigenvalue weighted by Gasteiger charge is 2.37. The predicted molar refractivity (Wildman–Crippen MR) is 103 cm³/mol. The van der Waals surface area contributed by atoms with Crippen molar-refractivity contribution in [3.63, 3.8) is 0 Å². The van der Waals surface area contributed by atoms with Crippen LogP contribution in [0.3, 0.4) is 0 Å². The van der Waals surface area contributed by atoms with E-state index in [1.54, 1.807) is 0 Å². The molecule has 5 nitrogen and oxygen atoms in total. The van der Waals surface area contributed by atoms with Crippen molar-refractivity contribution in [2.45, 2.75) is 24.2 Å². The molecule has 0 aromatic heterocycles. The number of nitrogens with one attached hydrogen (secondary N) is 1. The van der Waals surface area contributed by atoms with Crippen LogP contribution < -0.4 is 5.32 Å². The number of benzene rings is 2. The zero-order valence-electron chi connectivity index (χ0n) is 16.0. The largest absolute Gasteiger partial charge is 0.462 e. The molecule has 0 bridgehead atoms. The van der Waals surface area contributed by atoms with E-state index in [-0.39, 0.29) is 17.7 Å². The van der Waals surface area contributed by atoms with Crippen molar-refractivity contribution in [3.8, 4) is 0 Å². The second kappa shape index (κ2) is 9.41. The summed E-state index contributed by atoms with van der Waals surface area (Å²) in [6, 6.07) is 5.14. The van der Waals surface area contributed by atoms with Gasteiger partial charge in [-0.2, -0.15) is 26.3 Å². The van der Waals surface area contributed by atoms with Gasteiger partial charge in [-0.05, 0) is 49.4 Å². The van der Waals surface area contributed by atoms with Gasteiger partial charge < -0.3 is 10.1 Å². The number of hydrogen-bond acceptors (Lipinski definition) is 5. The number of esters is 1. The van der Waals surface area contributed by atoms with Crippen LogP contribution in [-0.4, -0.2) is 21.0 Å². The van der Waals surface area contributed by atoms with Crippen molar-refractivity contribution in [3.05, 3.63) is 69.7 Å². The Labute approximate surface area is 183 Å². The molecule has 174 valence electrons. The lowest BCUT2D eigenvalue weighted by atomic mass is 10.1. The summed E-state index contributed by atoms with van der Waals surface area (Å²) in [7, 11) is -4.57. The number of alkyl halides is 6. The molecular formula is C19H14ClF6NO4S. The molecule has 0 aliphatic carbocycles. The van der Waals surface area contributed by atoms with Crippen molar-refractivity contribution in [2.75, 3.05) is 11.9 Å². The van der Waals surface area contributed by atoms with Crippen LogP contribution in [0.4, 0.5) is 32.0 Å². The first-order valence-electron chi connectivity index (χ1n) is 8.60. The minimum atomic E-state index is -5.11. The third kappa shape index (κ3) is 6.16. The summed E-state index contributed by atoms with van der Waals surface area (Å²) >= 11 is 5.70. The maximum absolute atomic E-state index is 13.0. The van der Waals surface area contributed by atoms with E-state index < -0.39 is 54.8 Å². The van der Waals surface area contributed by atoms with Gasteiger partial charge >= 0.3 is 18.3 Å². The number of rotatable bonds is 6. The minimum absolute atomic E-state index is 0.0917. The molecule has 0 amide bonds. The van der Waals surface area contributed by atoms with Gasteiger partial charge in [-0.3, -0.25) is 0 Å². The van der Waals surface area contributed by atoms with E-state index in [4.69, 9.17) is 11.6 Å². The first-order valence-corrected chi connectivity index (χ1v) is 10.5. The van der Waals surface area contributed by atoms with Crippen molar-refractivity contribution < 1.29 is 44.3 Å². The highest BCUT2D eigenvalue weighted by Crippen LogP contribution is 2.37. The fourth-order valence-electron chi connectivity index (χ4n) is 2.38. The van der Waals surface area contributed by atoms with E-state index in [2.05, 4.69) is 4.74 Å². The second-order valence-electron chi connectivity index (χ2n) is 6.13. The number of ether oxygens (including phenoxy) is 1. The molecule has 0 atom stereocenters. The van der Waals surface area contributed by atoms with Crippen molar-refractivity contribution in [2.24, 2.45) is 0 Å². The Morgan fingerprint density at radius 2 is 1.50 bits per heavy atom. The van der Waals surface area contributed by atoms with Crippen LogP contribution in [0.1, 0.15) is 18.1 Å². The van der Waals surface area contributed by atoms with Crippen molar-refractivity contribution in [1.29, 1.82) is 0 Å². The van der Waals surface area contributed by atoms with Gasteiger partial charge in [0.1, 0.15) is 0 Å². The average molecular weight is 502 g/mol. The molecule has 0 unspecified atom stereocenters. The van der Waals surface area contributed by atoms with Crippen molar-refractivity contribution in [1.82, 2.24) is 0 Å². The summed E-state index contributed by atoms with van der Waals surface area (Å²) in [5.41, 5.74) is -4.00. The molecule has 1 N–H and O–H groups in total. The standard InChI is InChI=1S/C19H14ClF6NO4S/c1-2-31-17(28)16(32(29,30)15-5-3-13(20)4-6-15)10-27-14-8-11(18(21,22)23)7-12(9-14)19(24,25)26/h3-10,27H,2H2,1H3/b16-10+. The number of sulfone groups is 1. The minimum Gasteiger partial charge on any atom is -0.462 e. The maximum Gasteiger partial charge on any atom is 0.416 e. The Balaban J connectivity index is 2.58. The van der Waals surface area contributed by atoms with E-state index in [0.29, 0.717) is 18.3 Å². The Morgan fingerprint density at radius 3 is 1.94 bits per heavy atom. The van der Waals surface area contributed by atoms with Gasteiger partial charge in [-0.25, -0.2) is 13.2 Å². The molecule has 0 aliphatic rings. The summed E-state index contributed by atoms with van der Waals surface area (Å²) in [5.74, 6) is -1.36. The predicted octanol–water partition coefficient (Wildman–Crippen LogP) is 5.67. The van der Waals surface area contributed by atoms with Crippen LogP contribution in [0.15, 0.2) is 58.5 Å². The smallest absolute Gasteiger partial charge is 0.416 e. The lowest BCUT2D eigenvalue weighted by Crippen LogP contribution is -2.18. The monoisotopic (exact) mass is 501 g/mol. The average Bonchev–Trinajstić information content (AvgIpc) is 2.67. The number of carbonyl (C=O) groups excluding carboxylic acids is 1. The molecule has 0 radical (unpaired) electrons. The molecule has 13 heteroatoms. The number of halogens is 7. The molecule has 0 fully saturated rings. The van der Waals surface area contributed by atoms with E-state index in [0.717, 1.165) is 12.1 Å². The molecule has 32 heavy (non-hydrogen) atoms.